The number of nitrogens with one attached hydrogen (secondary N) is 2. The number of hydrogen-bond donors (Lipinski definition) is 2. The highest BCUT2D eigenvalue weighted by Crippen LogP contribution is 2.31. The van der Waals surface area contributed by atoms with Gasteiger partial charge in [-0.25, -0.2) is 8.42 Å². The van der Waals surface area contributed by atoms with Crippen molar-refractivity contribution in [2.24, 2.45) is 0 Å². The molecule has 1 amide bonds. The Balaban J connectivity index is 1.27. The number of nitrogens with zero attached hydrogens (tertiary/aromatic N) is 4. The summed E-state index contributed by atoms with van der Waals surface area (Å²) in [5.74, 6) is -0.134. The van der Waals surface area contributed by atoms with Gasteiger partial charge in [-0.1, -0.05) is 6.42 Å². The summed E-state index contributed by atoms with van der Waals surface area (Å²) >= 11 is 0. The van der Waals surface area contributed by atoms with Crippen molar-refractivity contribution in [1.29, 1.82) is 0 Å². The molecule has 1 atom stereocenters. The molecule has 2 fully saturated rings. The van der Waals surface area contributed by atoms with Crippen LogP contribution in [0.3, 0.4) is 0 Å². The molecule has 0 bridgehead atoms. The molecule has 2 saturated heterocycles. The van der Waals surface area contributed by atoms with E-state index in [4.69, 9.17) is 0 Å². The minimum atomic E-state index is -3.53. The second kappa shape index (κ2) is 9.52. The summed E-state index contributed by atoms with van der Waals surface area (Å²) in [6.07, 6.45) is 6.68. The lowest BCUT2D eigenvalue weighted by Crippen LogP contribution is -2.43. The fraction of sp³-hybridized carbons (Fsp3) is 0.429. The number of hydrogen-bond acceptors (Lipinski definition) is 5. The Morgan fingerprint density at radius 3 is 2.53 bits per heavy atom. The van der Waals surface area contributed by atoms with Crippen LogP contribution in [0.5, 0.6) is 0 Å². The smallest absolute Gasteiger partial charge is 0.247 e. The van der Waals surface area contributed by atoms with E-state index < -0.39 is 16.1 Å². The van der Waals surface area contributed by atoms with E-state index in [0.717, 1.165) is 71.0 Å². The SMILES string of the molecule is Cc1cc2cnn(C3CNC3)c2cc1NC(=O)C(C)n1cc(C)c2cc(S(=O)(=O)N3CCCCC3)ccc21. The lowest BCUT2D eigenvalue weighted by Gasteiger charge is -2.28. The first-order valence-electron chi connectivity index (χ1n) is 13.3. The van der Waals surface area contributed by atoms with Gasteiger partial charge in [-0.05, 0) is 75.1 Å². The van der Waals surface area contributed by atoms with Gasteiger partial charge in [0, 0.05) is 54.4 Å². The van der Waals surface area contributed by atoms with Crippen molar-refractivity contribution >= 4 is 43.4 Å². The van der Waals surface area contributed by atoms with E-state index in [1.807, 2.05) is 54.5 Å². The topological polar surface area (TPSA) is 101 Å². The van der Waals surface area contributed by atoms with Gasteiger partial charge < -0.3 is 15.2 Å². The lowest BCUT2D eigenvalue weighted by atomic mass is 10.1. The number of carbonyl (C=O) groups excluding carboxylic acids is 1. The molecule has 0 spiro atoms. The zero-order valence-corrected chi connectivity index (χ0v) is 22.9. The third-order valence-electron chi connectivity index (χ3n) is 8.06. The highest BCUT2D eigenvalue weighted by Gasteiger charge is 2.27. The number of aromatic nitrogens is 3. The number of piperidine rings is 1. The molecule has 6 rings (SSSR count). The minimum Gasteiger partial charge on any atom is -0.335 e. The van der Waals surface area contributed by atoms with Crippen LogP contribution in [0.1, 0.15) is 49.4 Å². The summed E-state index contributed by atoms with van der Waals surface area (Å²) in [5.41, 5.74) is 4.53. The van der Waals surface area contributed by atoms with Gasteiger partial charge in [-0.2, -0.15) is 9.40 Å². The second-order valence-corrected chi connectivity index (χ2v) is 12.6. The van der Waals surface area contributed by atoms with E-state index in [1.165, 1.54) is 0 Å². The van der Waals surface area contributed by atoms with Crippen LogP contribution in [0.2, 0.25) is 0 Å². The van der Waals surface area contributed by atoms with Gasteiger partial charge >= 0.3 is 0 Å². The molecule has 4 aromatic rings. The summed E-state index contributed by atoms with van der Waals surface area (Å²) in [6.45, 7) is 8.73. The van der Waals surface area contributed by atoms with Gasteiger partial charge in [0.25, 0.3) is 0 Å². The van der Waals surface area contributed by atoms with E-state index in [9.17, 15) is 13.2 Å². The average molecular weight is 535 g/mol. The maximum absolute atomic E-state index is 13.4. The molecule has 200 valence electrons. The molecule has 0 radical (unpaired) electrons. The van der Waals surface area contributed by atoms with Crippen molar-refractivity contribution in [3.8, 4) is 0 Å². The van der Waals surface area contributed by atoms with Gasteiger partial charge in [-0.15, -0.1) is 0 Å². The van der Waals surface area contributed by atoms with E-state index in [-0.39, 0.29) is 5.91 Å². The monoisotopic (exact) mass is 534 g/mol. The van der Waals surface area contributed by atoms with Crippen molar-refractivity contribution in [2.45, 2.75) is 57.0 Å². The van der Waals surface area contributed by atoms with E-state index in [2.05, 4.69) is 21.8 Å². The van der Waals surface area contributed by atoms with Crippen LogP contribution in [0.15, 0.2) is 47.6 Å². The van der Waals surface area contributed by atoms with Gasteiger partial charge in [-0.3, -0.25) is 9.48 Å². The second-order valence-electron chi connectivity index (χ2n) is 10.7. The third-order valence-corrected chi connectivity index (χ3v) is 9.95. The van der Waals surface area contributed by atoms with Crippen LogP contribution in [-0.4, -0.2) is 59.2 Å². The molecule has 0 saturated carbocycles. The molecule has 2 aliphatic heterocycles. The number of benzene rings is 2. The number of rotatable bonds is 6. The molecular weight excluding hydrogens is 500 g/mol. The summed E-state index contributed by atoms with van der Waals surface area (Å²) in [4.78, 5) is 13.8. The van der Waals surface area contributed by atoms with Crippen LogP contribution in [0, 0.1) is 13.8 Å². The number of carbonyl (C=O) groups is 1. The van der Waals surface area contributed by atoms with Gasteiger partial charge in [0.1, 0.15) is 6.04 Å². The van der Waals surface area contributed by atoms with Crippen LogP contribution >= 0.6 is 0 Å². The molecule has 9 nitrogen and oxygen atoms in total. The fourth-order valence-electron chi connectivity index (χ4n) is 5.58. The maximum Gasteiger partial charge on any atom is 0.247 e. The van der Waals surface area contributed by atoms with Crippen molar-refractivity contribution in [3.05, 3.63) is 53.9 Å². The Labute approximate surface area is 222 Å². The summed E-state index contributed by atoms with van der Waals surface area (Å²) < 4.78 is 32.0. The van der Waals surface area contributed by atoms with Crippen LogP contribution in [0.25, 0.3) is 21.8 Å². The molecule has 2 aromatic carbocycles. The molecule has 2 aliphatic rings. The maximum atomic E-state index is 13.4. The van der Waals surface area contributed by atoms with Gasteiger partial charge in [0.05, 0.1) is 22.7 Å². The molecular formula is C28H34N6O3S. The van der Waals surface area contributed by atoms with E-state index in [0.29, 0.717) is 24.0 Å². The van der Waals surface area contributed by atoms with Gasteiger partial charge in [0.15, 0.2) is 0 Å². The molecule has 1 unspecified atom stereocenters. The lowest BCUT2D eigenvalue weighted by molar-refractivity contribution is -0.118. The first kappa shape index (κ1) is 25.1. The Hall–Kier alpha value is -3.21. The number of amides is 1. The van der Waals surface area contributed by atoms with Crippen LogP contribution in [-0.2, 0) is 14.8 Å². The summed E-state index contributed by atoms with van der Waals surface area (Å²) in [6, 6.07) is 9.15. The van der Waals surface area contributed by atoms with Crippen molar-refractivity contribution in [3.63, 3.8) is 0 Å². The minimum absolute atomic E-state index is 0.134. The normalized spacial score (nSPS) is 18.1. The highest BCUT2D eigenvalue weighted by molar-refractivity contribution is 7.89. The molecule has 38 heavy (non-hydrogen) atoms. The summed E-state index contributed by atoms with van der Waals surface area (Å²) in [7, 11) is -3.53. The zero-order valence-electron chi connectivity index (χ0n) is 22.1. The Morgan fingerprint density at radius 2 is 1.82 bits per heavy atom. The largest absolute Gasteiger partial charge is 0.335 e. The van der Waals surface area contributed by atoms with Gasteiger partial charge in [0.2, 0.25) is 15.9 Å². The zero-order chi connectivity index (χ0) is 26.6. The highest BCUT2D eigenvalue weighted by atomic mass is 32.2. The summed E-state index contributed by atoms with van der Waals surface area (Å²) in [5, 5.41) is 12.9. The van der Waals surface area contributed by atoms with Crippen molar-refractivity contribution < 1.29 is 13.2 Å². The molecule has 2 N–H and O–H groups in total. The van der Waals surface area contributed by atoms with Crippen molar-refractivity contribution in [1.82, 2.24) is 24.0 Å². The molecule has 2 aromatic heterocycles. The average Bonchev–Trinajstić information content (AvgIpc) is 3.43. The number of anilines is 1. The first-order chi connectivity index (χ1) is 18.2. The fourth-order valence-corrected chi connectivity index (χ4v) is 7.13. The quantitative estimate of drug-likeness (QED) is 0.387. The standard InChI is InChI=1S/C28H34N6O3S/c1-18-11-21-14-30-34(22-15-29-16-22)27(21)13-25(18)31-28(35)20(3)33-17-19(2)24-12-23(7-8-26(24)33)38(36,37)32-9-5-4-6-10-32/h7-8,11-14,17,20,22,29H,4-6,9-10,15-16H2,1-3H3,(H,31,35). The van der Waals surface area contributed by atoms with Crippen LogP contribution in [0.4, 0.5) is 5.69 Å². The molecule has 10 heteroatoms. The third kappa shape index (κ3) is 4.20. The molecule has 4 heterocycles. The molecule has 0 aliphatic carbocycles. The predicted molar refractivity (Wildman–Crippen MR) is 149 cm³/mol. The Kier molecular flexibility index (Phi) is 6.28. The van der Waals surface area contributed by atoms with E-state index in [1.54, 1.807) is 16.4 Å². The Bertz CT molecular complexity index is 1640. The van der Waals surface area contributed by atoms with Crippen LogP contribution < -0.4 is 10.6 Å². The number of sulfonamides is 1. The Morgan fingerprint density at radius 1 is 1.05 bits per heavy atom. The first-order valence-corrected chi connectivity index (χ1v) is 14.8. The number of aryl methyl sites for hydroxylation is 2. The van der Waals surface area contributed by atoms with Crippen molar-refractivity contribution in [2.75, 3.05) is 31.5 Å². The van der Waals surface area contributed by atoms with E-state index >= 15 is 0 Å². The number of fused-ring (bicyclic) bond motifs is 2. The predicted octanol–water partition coefficient (Wildman–Crippen LogP) is 4.13.